The molecule has 0 aliphatic heterocycles. The van der Waals surface area contributed by atoms with Gasteiger partial charge in [0, 0.05) is 12.4 Å². The van der Waals surface area contributed by atoms with Crippen LogP contribution in [-0.2, 0) is 0 Å². The van der Waals surface area contributed by atoms with E-state index in [9.17, 15) is 4.79 Å². The predicted molar refractivity (Wildman–Crippen MR) is 33.5 cm³/mol. The largest absolute Gasteiger partial charge is 0.324 e. The summed E-state index contributed by atoms with van der Waals surface area (Å²) >= 11 is 4.99. The lowest BCUT2D eigenvalue weighted by Crippen LogP contribution is -2.09. The molecule has 0 atom stereocenters. The molecule has 0 aliphatic rings. The third-order valence-electron chi connectivity index (χ3n) is 0.596. The van der Waals surface area contributed by atoms with Gasteiger partial charge in [-0.05, 0) is 11.6 Å². The van der Waals surface area contributed by atoms with Crippen LogP contribution in [0.1, 0.15) is 0 Å². The van der Waals surface area contributed by atoms with Gasteiger partial charge in [-0.25, -0.2) is 0 Å². The molecule has 0 unspecified atom stereocenters. The minimum absolute atomic E-state index is 0.602. The van der Waals surface area contributed by atoms with Gasteiger partial charge in [-0.1, -0.05) is 13.2 Å². The van der Waals surface area contributed by atoms with Gasteiger partial charge in [0.05, 0.1) is 0 Å². The quantitative estimate of drug-likeness (QED) is 0.414. The van der Waals surface area contributed by atoms with E-state index in [0.29, 0.717) is 0 Å². The molecule has 0 rings (SSSR count). The zero-order valence-corrected chi connectivity index (χ0v) is 5.06. The van der Waals surface area contributed by atoms with E-state index < -0.39 is 5.37 Å². The first-order valence-electron chi connectivity index (χ1n) is 1.95. The molecule has 8 heavy (non-hydrogen) atoms. The fraction of sp³-hybridized carbons (Fsp3) is 0. The molecule has 0 bridgehead atoms. The number of halogens is 1. The topological polar surface area (TPSA) is 20.3 Å². The highest BCUT2D eigenvalue weighted by molar-refractivity contribution is 6.63. The summed E-state index contributed by atoms with van der Waals surface area (Å²) in [6, 6.07) is 0. The molecule has 0 heterocycles. The fourth-order valence-electron chi connectivity index (χ4n) is 0.218. The highest BCUT2D eigenvalue weighted by atomic mass is 35.5. The Morgan fingerprint density at radius 1 is 1.50 bits per heavy atom. The van der Waals surface area contributed by atoms with Gasteiger partial charge in [0.1, 0.15) is 0 Å². The Morgan fingerprint density at radius 2 is 1.88 bits per heavy atom. The van der Waals surface area contributed by atoms with Gasteiger partial charge >= 0.3 is 5.37 Å². The van der Waals surface area contributed by atoms with Crippen LogP contribution in [0.25, 0.3) is 0 Å². The Labute approximate surface area is 53.0 Å². The lowest BCUT2D eigenvalue weighted by molar-refractivity contribution is 0.248. The number of hydrogen-bond donors (Lipinski definition) is 0. The van der Waals surface area contributed by atoms with Crippen molar-refractivity contribution in [3.05, 3.63) is 25.6 Å². The molecule has 0 N–H and O–H groups in total. The SMILES string of the molecule is C=CN(C=C)C(=O)Cl. The molecule has 0 spiro atoms. The molecule has 44 valence electrons. The molecule has 0 aliphatic carbocycles. The second-order valence-corrected chi connectivity index (χ2v) is 1.35. The van der Waals surface area contributed by atoms with Crippen LogP contribution in [0, 0.1) is 0 Å². The third kappa shape index (κ3) is 1.80. The summed E-state index contributed by atoms with van der Waals surface area (Å²) in [6.45, 7) is 6.60. The van der Waals surface area contributed by atoms with Gasteiger partial charge in [-0.2, -0.15) is 0 Å². The van der Waals surface area contributed by atoms with Crippen molar-refractivity contribution in [1.82, 2.24) is 4.90 Å². The summed E-state index contributed by atoms with van der Waals surface area (Å²) in [7, 11) is 0. The molecule has 0 saturated heterocycles. The first-order valence-corrected chi connectivity index (χ1v) is 2.33. The van der Waals surface area contributed by atoms with E-state index in [-0.39, 0.29) is 0 Å². The van der Waals surface area contributed by atoms with Crippen LogP contribution in [0.2, 0.25) is 0 Å². The fourth-order valence-corrected chi connectivity index (χ4v) is 0.356. The van der Waals surface area contributed by atoms with Crippen molar-refractivity contribution >= 4 is 17.0 Å². The van der Waals surface area contributed by atoms with Crippen LogP contribution in [0.4, 0.5) is 4.79 Å². The summed E-state index contributed by atoms with van der Waals surface area (Å²) in [4.78, 5) is 11.2. The van der Waals surface area contributed by atoms with Crippen LogP contribution in [0.15, 0.2) is 25.6 Å². The Kier molecular flexibility index (Phi) is 2.96. The van der Waals surface area contributed by atoms with Gasteiger partial charge in [0.2, 0.25) is 0 Å². The Balaban J connectivity index is 3.88. The minimum Gasteiger partial charge on any atom is -0.282 e. The Hall–Kier alpha value is -0.760. The van der Waals surface area contributed by atoms with Crippen molar-refractivity contribution in [2.45, 2.75) is 0 Å². The Morgan fingerprint density at radius 3 is 1.88 bits per heavy atom. The molecular formula is C5H6ClNO. The second-order valence-electron chi connectivity index (χ2n) is 1.03. The second kappa shape index (κ2) is 3.27. The third-order valence-corrected chi connectivity index (χ3v) is 0.792. The average Bonchev–Trinajstić information content (AvgIpc) is 1.69. The van der Waals surface area contributed by atoms with Gasteiger partial charge in [0.25, 0.3) is 0 Å². The van der Waals surface area contributed by atoms with Crippen molar-refractivity contribution in [1.29, 1.82) is 0 Å². The van der Waals surface area contributed by atoms with Crippen LogP contribution in [0.3, 0.4) is 0 Å². The first kappa shape index (κ1) is 7.24. The Bertz CT molecular complexity index is 114. The summed E-state index contributed by atoms with van der Waals surface area (Å²) < 4.78 is 0. The number of amides is 1. The van der Waals surface area contributed by atoms with E-state index in [2.05, 4.69) is 13.2 Å². The average molecular weight is 132 g/mol. The van der Waals surface area contributed by atoms with Crippen LogP contribution in [-0.4, -0.2) is 10.3 Å². The highest BCUT2D eigenvalue weighted by Crippen LogP contribution is 1.94. The molecule has 0 aromatic heterocycles. The normalized spacial score (nSPS) is 7.62. The molecule has 0 saturated carbocycles. The molecule has 3 heteroatoms. The molecule has 0 aromatic rings. The van der Waals surface area contributed by atoms with Crippen molar-refractivity contribution in [2.75, 3.05) is 0 Å². The minimum atomic E-state index is -0.602. The van der Waals surface area contributed by atoms with Gasteiger partial charge in [-0.15, -0.1) is 0 Å². The molecule has 0 aromatic carbocycles. The van der Waals surface area contributed by atoms with Gasteiger partial charge in [-0.3, -0.25) is 9.69 Å². The smallest absolute Gasteiger partial charge is 0.282 e. The van der Waals surface area contributed by atoms with E-state index in [1.54, 1.807) is 0 Å². The summed E-state index contributed by atoms with van der Waals surface area (Å²) in [6.07, 6.45) is 2.56. The molecular weight excluding hydrogens is 126 g/mol. The van der Waals surface area contributed by atoms with Crippen LogP contribution in [0.5, 0.6) is 0 Å². The maximum Gasteiger partial charge on any atom is 0.324 e. The van der Waals surface area contributed by atoms with E-state index in [1.165, 1.54) is 12.4 Å². The van der Waals surface area contributed by atoms with Gasteiger partial charge < -0.3 is 0 Å². The highest BCUT2D eigenvalue weighted by Gasteiger charge is 1.97. The van der Waals surface area contributed by atoms with E-state index >= 15 is 0 Å². The molecule has 0 fully saturated rings. The van der Waals surface area contributed by atoms with Crippen molar-refractivity contribution in [3.8, 4) is 0 Å². The van der Waals surface area contributed by atoms with Crippen LogP contribution >= 0.6 is 11.6 Å². The van der Waals surface area contributed by atoms with Crippen molar-refractivity contribution in [2.24, 2.45) is 0 Å². The predicted octanol–water partition coefficient (Wildman–Crippen LogP) is 1.93. The first-order chi connectivity index (χ1) is 3.72. The lowest BCUT2D eigenvalue weighted by Gasteiger charge is -2.03. The maximum atomic E-state index is 10.2. The lowest BCUT2D eigenvalue weighted by atomic mass is 10.8. The standard InChI is InChI=1S/C5H6ClNO/c1-3-7(4-2)5(6)8/h3-4H,1-2H2. The van der Waals surface area contributed by atoms with Crippen LogP contribution < -0.4 is 0 Å². The maximum absolute atomic E-state index is 10.2. The number of rotatable bonds is 2. The summed E-state index contributed by atoms with van der Waals surface area (Å²) in [5.74, 6) is 0. The zero-order chi connectivity index (χ0) is 6.57. The summed E-state index contributed by atoms with van der Waals surface area (Å²) in [5, 5.41) is -0.602. The number of carbonyl (C=O) groups excluding carboxylic acids is 1. The number of nitrogens with zero attached hydrogens (tertiary/aromatic N) is 1. The monoisotopic (exact) mass is 131 g/mol. The van der Waals surface area contributed by atoms with E-state index in [0.717, 1.165) is 4.90 Å². The molecule has 0 radical (unpaired) electrons. The van der Waals surface area contributed by atoms with E-state index in [1.807, 2.05) is 0 Å². The molecule has 2 nitrogen and oxygen atoms in total. The number of carbonyl (C=O) groups is 1. The zero-order valence-electron chi connectivity index (χ0n) is 4.30. The van der Waals surface area contributed by atoms with E-state index in [4.69, 9.17) is 11.6 Å². The number of hydrogen-bond acceptors (Lipinski definition) is 1. The van der Waals surface area contributed by atoms with Gasteiger partial charge in [0.15, 0.2) is 0 Å². The van der Waals surface area contributed by atoms with Crippen molar-refractivity contribution in [3.63, 3.8) is 0 Å². The summed E-state index contributed by atoms with van der Waals surface area (Å²) in [5.41, 5.74) is 0. The van der Waals surface area contributed by atoms with Crippen molar-refractivity contribution < 1.29 is 4.79 Å². The molecule has 1 amide bonds.